The zero-order chi connectivity index (χ0) is 13.2. The van der Waals surface area contributed by atoms with E-state index in [1.807, 2.05) is 9.80 Å². The van der Waals surface area contributed by atoms with Gasteiger partial charge in [0, 0.05) is 26.2 Å². The topological polar surface area (TPSA) is 52.7 Å². The maximum atomic E-state index is 12.7. The number of nitrogens with one attached hydrogen (secondary N) is 1. The van der Waals surface area contributed by atoms with Gasteiger partial charge >= 0.3 is 6.03 Å². The van der Waals surface area contributed by atoms with Gasteiger partial charge in [-0.25, -0.2) is 4.79 Å². The molecule has 0 bridgehead atoms. The summed E-state index contributed by atoms with van der Waals surface area (Å²) < 4.78 is 0. The Balaban J connectivity index is 1.69. The average molecular weight is 265 g/mol. The minimum Gasteiger partial charge on any atom is -0.354 e. The molecule has 2 atom stereocenters. The number of fused-ring (bicyclic) bond motifs is 1. The van der Waals surface area contributed by atoms with E-state index in [1.54, 1.807) is 0 Å². The van der Waals surface area contributed by atoms with Crippen molar-refractivity contribution in [2.24, 2.45) is 5.92 Å². The molecule has 1 N–H and O–H groups in total. The Labute approximate surface area is 114 Å². The molecule has 0 saturated carbocycles. The molecule has 106 valence electrons. The van der Waals surface area contributed by atoms with Gasteiger partial charge in [-0.05, 0) is 25.7 Å². The fourth-order valence-corrected chi connectivity index (χ4v) is 3.63. The van der Waals surface area contributed by atoms with Crippen molar-refractivity contribution in [3.63, 3.8) is 0 Å². The number of hydrogen-bond donors (Lipinski definition) is 1. The van der Waals surface area contributed by atoms with Crippen molar-refractivity contribution in [2.45, 2.75) is 44.6 Å². The summed E-state index contributed by atoms with van der Waals surface area (Å²) in [5.74, 6) is 0.169. The molecular formula is C14H23N3O2. The molecule has 3 saturated heterocycles. The number of hydrogen-bond acceptors (Lipinski definition) is 2. The lowest BCUT2D eigenvalue weighted by atomic mass is 9.92. The van der Waals surface area contributed by atoms with Crippen molar-refractivity contribution in [3.8, 4) is 0 Å². The number of carbonyl (C=O) groups is 2. The second-order valence-corrected chi connectivity index (χ2v) is 5.94. The monoisotopic (exact) mass is 265 g/mol. The molecule has 3 aliphatic rings. The maximum absolute atomic E-state index is 12.7. The van der Waals surface area contributed by atoms with E-state index < -0.39 is 0 Å². The van der Waals surface area contributed by atoms with E-state index in [-0.39, 0.29) is 23.9 Å². The van der Waals surface area contributed by atoms with Gasteiger partial charge in [0.2, 0.25) is 5.91 Å². The lowest BCUT2D eigenvalue weighted by Gasteiger charge is -2.39. The van der Waals surface area contributed by atoms with Crippen LogP contribution in [0.2, 0.25) is 0 Å². The Morgan fingerprint density at radius 2 is 1.79 bits per heavy atom. The van der Waals surface area contributed by atoms with Gasteiger partial charge < -0.3 is 15.1 Å². The van der Waals surface area contributed by atoms with E-state index in [4.69, 9.17) is 0 Å². The van der Waals surface area contributed by atoms with E-state index in [2.05, 4.69) is 5.32 Å². The van der Waals surface area contributed by atoms with Crippen molar-refractivity contribution in [1.82, 2.24) is 15.1 Å². The van der Waals surface area contributed by atoms with Crippen LogP contribution in [0.4, 0.5) is 4.79 Å². The van der Waals surface area contributed by atoms with Crippen LogP contribution < -0.4 is 5.32 Å². The van der Waals surface area contributed by atoms with Gasteiger partial charge in [-0.15, -0.1) is 0 Å². The maximum Gasteiger partial charge on any atom is 0.320 e. The summed E-state index contributed by atoms with van der Waals surface area (Å²) in [6.07, 6.45) is 6.58. The van der Waals surface area contributed by atoms with Gasteiger partial charge in [0.15, 0.2) is 0 Å². The van der Waals surface area contributed by atoms with Crippen molar-refractivity contribution < 1.29 is 9.59 Å². The predicted molar refractivity (Wildman–Crippen MR) is 71.7 cm³/mol. The van der Waals surface area contributed by atoms with Crippen LogP contribution in [0.5, 0.6) is 0 Å². The summed E-state index contributed by atoms with van der Waals surface area (Å²) in [4.78, 5) is 28.4. The van der Waals surface area contributed by atoms with Gasteiger partial charge in [-0.2, -0.15) is 0 Å². The number of likely N-dealkylation sites (tertiary alicyclic amines) is 2. The summed E-state index contributed by atoms with van der Waals surface area (Å²) in [7, 11) is 0. The molecule has 0 aromatic carbocycles. The molecule has 3 fully saturated rings. The SMILES string of the molecule is O=C1NCC2C1CCCN2C(=O)N1CCCCCC1. The molecular weight excluding hydrogens is 242 g/mol. The Bertz CT molecular complexity index is 364. The number of piperidine rings is 1. The number of rotatable bonds is 0. The Morgan fingerprint density at radius 3 is 2.53 bits per heavy atom. The Hall–Kier alpha value is -1.26. The van der Waals surface area contributed by atoms with Crippen molar-refractivity contribution in [3.05, 3.63) is 0 Å². The highest BCUT2D eigenvalue weighted by atomic mass is 16.2. The van der Waals surface area contributed by atoms with Crippen LogP contribution in [0.1, 0.15) is 38.5 Å². The van der Waals surface area contributed by atoms with E-state index in [1.165, 1.54) is 12.8 Å². The fourth-order valence-electron chi connectivity index (χ4n) is 3.63. The first kappa shape index (κ1) is 12.8. The third kappa shape index (κ3) is 2.42. The minimum absolute atomic E-state index is 0.0321. The predicted octanol–water partition coefficient (Wildman–Crippen LogP) is 1.19. The summed E-state index contributed by atoms with van der Waals surface area (Å²) in [6, 6.07) is 0.255. The third-order valence-corrected chi connectivity index (χ3v) is 4.72. The van der Waals surface area contributed by atoms with Gasteiger partial charge in [0.05, 0.1) is 12.0 Å². The molecule has 5 nitrogen and oxygen atoms in total. The Kier molecular flexibility index (Phi) is 3.62. The van der Waals surface area contributed by atoms with Crippen molar-refractivity contribution in [1.29, 1.82) is 0 Å². The van der Waals surface area contributed by atoms with E-state index >= 15 is 0 Å². The summed E-state index contributed by atoms with van der Waals surface area (Å²) >= 11 is 0. The molecule has 0 spiro atoms. The van der Waals surface area contributed by atoms with Crippen LogP contribution in [0, 0.1) is 5.92 Å². The number of nitrogens with zero attached hydrogens (tertiary/aromatic N) is 2. The highest BCUT2D eigenvalue weighted by Gasteiger charge is 2.43. The summed E-state index contributed by atoms with van der Waals surface area (Å²) in [6.45, 7) is 3.22. The minimum atomic E-state index is 0.0321. The van der Waals surface area contributed by atoms with Crippen LogP contribution in [0.25, 0.3) is 0 Å². The molecule has 0 aromatic rings. The molecule has 0 aromatic heterocycles. The number of urea groups is 1. The molecule has 2 unspecified atom stereocenters. The lowest BCUT2D eigenvalue weighted by molar-refractivity contribution is -0.123. The number of amides is 3. The first-order valence-electron chi connectivity index (χ1n) is 7.60. The van der Waals surface area contributed by atoms with Crippen LogP contribution in [-0.4, -0.2) is 54.0 Å². The standard InChI is InChI=1S/C14H23N3O2/c18-13-11-6-5-9-17(12(11)10-15-13)14(19)16-7-3-1-2-4-8-16/h11-12H,1-10H2,(H,15,18). The molecule has 0 aliphatic carbocycles. The molecule has 3 heterocycles. The quantitative estimate of drug-likeness (QED) is 0.715. The largest absolute Gasteiger partial charge is 0.354 e. The molecule has 3 amide bonds. The van der Waals surface area contributed by atoms with E-state index in [9.17, 15) is 9.59 Å². The van der Waals surface area contributed by atoms with Gasteiger partial charge in [-0.1, -0.05) is 12.8 Å². The normalized spacial score (nSPS) is 31.7. The van der Waals surface area contributed by atoms with Gasteiger partial charge in [-0.3, -0.25) is 4.79 Å². The van der Waals surface area contributed by atoms with Crippen molar-refractivity contribution in [2.75, 3.05) is 26.2 Å². The lowest BCUT2D eigenvalue weighted by Crippen LogP contribution is -2.53. The first-order chi connectivity index (χ1) is 9.27. The first-order valence-corrected chi connectivity index (χ1v) is 7.60. The smallest absolute Gasteiger partial charge is 0.320 e. The summed E-state index contributed by atoms with van der Waals surface area (Å²) in [5, 5.41) is 2.91. The summed E-state index contributed by atoms with van der Waals surface area (Å²) in [5.41, 5.74) is 0. The van der Waals surface area contributed by atoms with Crippen LogP contribution in [0.15, 0.2) is 0 Å². The fraction of sp³-hybridized carbons (Fsp3) is 0.857. The molecule has 0 radical (unpaired) electrons. The van der Waals surface area contributed by atoms with Crippen LogP contribution in [0.3, 0.4) is 0 Å². The molecule has 19 heavy (non-hydrogen) atoms. The van der Waals surface area contributed by atoms with E-state index in [0.717, 1.165) is 45.3 Å². The van der Waals surface area contributed by atoms with Gasteiger partial charge in [0.25, 0.3) is 0 Å². The zero-order valence-corrected chi connectivity index (χ0v) is 11.4. The molecule has 3 rings (SSSR count). The average Bonchev–Trinajstić information content (AvgIpc) is 2.68. The second kappa shape index (κ2) is 5.39. The number of carbonyl (C=O) groups excluding carboxylic acids is 2. The highest BCUT2D eigenvalue weighted by Crippen LogP contribution is 2.28. The second-order valence-electron chi connectivity index (χ2n) is 5.94. The van der Waals surface area contributed by atoms with Crippen LogP contribution in [-0.2, 0) is 4.79 Å². The Morgan fingerprint density at radius 1 is 1.05 bits per heavy atom. The molecule has 5 heteroatoms. The third-order valence-electron chi connectivity index (χ3n) is 4.72. The van der Waals surface area contributed by atoms with Gasteiger partial charge in [0.1, 0.15) is 0 Å². The van der Waals surface area contributed by atoms with Crippen LogP contribution >= 0.6 is 0 Å². The highest BCUT2D eigenvalue weighted by molar-refractivity contribution is 5.84. The zero-order valence-electron chi connectivity index (χ0n) is 11.4. The van der Waals surface area contributed by atoms with Crippen molar-refractivity contribution >= 4 is 11.9 Å². The molecule has 3 aliphatic heterocycles. The van der Waals surface area contributed by atoms with E-state index in [0.29, 0.717) is 6.54 Å².